The maximum absolute atomic E-state index is 11.8. The first-order valence-electron chi connectivity index (χ1n) is 11.5. The summed E-state index contributed by atoms with van der Waals surface area (Å²) in [7, 11) is -3.37. The highest BCUT2D eigenvalue weighted by molar-refractivity contribution is 7.90. The van der Waals surface area contributed by atoms with Crippen LogP contribution in [0.5, 0.6) is 0 Å². The van der Waals surface area contributed by atoms with E-state index in [1.165, 1.54) is 6.07 Å². The Kier molecular flexibility index (Phi) is 5.91. The van der Waals surface area contributed by atoms with E-state index in [9.17, 15) is 8.42 Å². The van der Waals surface area contributed by atoms with Crippen molar-refractivity contribution in [3.05, 3.63) is 48.1 Å². The summed E-state index contributed by atoms with van der Waals surface area (Å²) in [6.07, 6.45) is 8.40. The minimum Gasteiger partial charge on any atom is -0.350 e. The van der Waals surface area contributed by atoms with Gasteiger partial charge in [-0.25, -0.2) is 23.4 Å². The predicted molar refractivity (Wildman–Crippen MR) is 131 cm³/mol. The second kappa shape index (κ2) is 8.91. The molecule has 0 amide bonds. The molecule has 0 bridgehead atoms. The number of hydrogen-bond donors (Lipinski definition) is 1. The highest BCUT2D eigenvalue weighted by atomic mass is 32.2. The molecule has 1 aliphatic rings. The van der Waals surface area contributed by atoms with Gasteiger partial charge in [-0.2, -0.15) is 4.98 Å². The Balaban J connectivity index is 1.34. The molecule has 5 heterocycles. The first-order valence-corrected chi connectivity index (χ1v) is 13.4. The molecule has 4 aromatic rings. The lowest BCUT2D eigenvalue weighted by atomic mass is 9.94. The van der Waals surface area contributed by atoms with Gasteiger partial charge in [0, 0.05) is 43.1 Å². The fourth-order valence-corrected chi connectivity index (χ4v) is 4.91. The number of nitrogens with one attached hydrogen (secondary N) is 1. The zero-order chi connectivity index (χ0) is 24.7. The number of pyridine rings is 1. The highest BCUT2D eigenvalue weighted by Gasteiger charge is 2.27. The largest absolute Gasteiger partial charge is 0.350 e. The summed E-state index contributed by atoms with van der Waals surface area (Å²) >= 11 is 0. The highest BCUT2D eigenvalue weighted by Crippen LogP contribution is 2.32. The normalized spacial score (nSPS) is 15.3. The molecule has 184 valence electrons. The van der Waals surface area contributed by atoms with Crippen LogP contribution in [-0.4, -0.2) is 57.3 Å². The van der Waals surface area contributed by atoms with Crippen molar-refractivity contribution in [3.63, 3.8) is 0 Å². The third-order valence-electron chi connectivity index (χ3n) is 6.29. The van der Waals surface area contributed by atoms with Crippen LogP contribution in [0.3, 0.4) is 0 Å². The Bertz CT molecular complexity index is 1470. The summed E-state index contributed by atoms with van der Waals surface area (Å²) < 4.78 is 31.1. The standard InChI is InChI=1S/C23H28N8O3S/c1-14(2)21-28-23(34-29-21)30-9-7-16(8-10-30)19-12-25-22-18(11-24-13-31(19)22)27-17-5-6-20(26-15(17)3)35(4,32)33/h5-6,11-14,16,27H,7-10H2,1-4H3. The lowest BCUT2D eigenvalue weighted by Crippen LogP contribution is -2.33. The van der Waals surface area contributed by atoms with E-state index in [1.54, 1.807) is 25.5 Å². The van der Waals surface area contributed by atoms with Crippen molar-refractivity contribution in [2.24, 2.45) is 0 Å². The van der Waals surface area contributed by atoms with Gasteiger partial charge in [0.2, 0.25) is 0 Å². The summed E-state index contributed by atoms with van der Waals surface area (Å²) in [5.74, 6) is 1.28. The molecule has 1 N–H and O–H groups in total. The number of fused-ring (bicyclic) bond motifs is 1. The van der Waals surface area contributed by atoms with Gasteiger partial charge < -0.3 is 14.7 Å². The van der Waals surface area contributed by atoms with Crippen molar-refractivity contribution in [3.8, 4) is 0 Å². The zero-order valence-electron chi connectivity index (χ0n) is 20.1. The molecular weight excluding hydrogens is 468 g/mol. The number of nitrogens with zero attached hydrogens (tertiary/aromatic N) is 7. The lowest BCUT2D eigenvalue weighted by Gasteiger charge is -2.30. The van der Waals surface area contributed by atoms with Crippen LogP contribution in [0.2, 0.25) is 0 Å². The molecule has 0 spiro atoms. The number of aromatic nitrogens is 6. The van der Waals surface area contributed by atoms with E-state index in [2.05, 4.69) is 35.3 Å². The molecule has 1 fully saturated rings. The van der Waals surface area contributed by atoms with E-state index in [4.69, 9.17) is 4.52 Å². The smallest absolute Gasteiger partial charge is 0.324 e. The minimum absolute atomic E-state index is 0.0484. The van der Waals surface area contributed by atoms with Crippen molar-refractivity contribution >= 4 is 32.9 Å². The number of hydrogen-bond acceptors (Lipinski definition) is 10. The predicted octanol–water partition coefficient (Wildman–Crippen LogP) is 3.47. The van der Waals surface area contributed by atoms with E-state index in [0.717, 1.165) is 55.0 Å². The number of sulfone groups is 1. The number of anilines is 3. The van der Waals surface area contributed by atoms with E-state index in [0.29, 0.717) is 23.3 Å². The molecular formula is C23H28N8O3S. The maximum atomic E-state index is 11.8. The van der Waals surface area contributed by atoms with Crippen LogP contribution >= 0.6 is 0 Å². The molecule has 5 rings (SSSR count). The summed E-state index contributed by atoms with van der Waals surface area (Å²) in [6.45, 7) is 7.50. The van der Waals surface area contributed by atoms with E-state index < -0.39 is 9.84 Å². The number of aryl methyl sites for hydroxylation is 1. The van der Waals surface area contributed by atoms with Gasteiger partial charge in [0.1, 0.15) is 12.0 Å². The van der Waals surface area contributed by atoms with Gasteiger partial charge in [-0.15, -0.1) is 0 Å². The molecule has 12 heteroatoms. The molecule has 0 radical (unpaired) electrons. The Morgan fingerprint density at radius 2 is 1.89 bits per heavy atom. The molecule has 0 atom stereocenters. The lowest BCUT2D eigenvalue weighted by molar-refractivity contribution is 0.386. The Morgan fingerprint density at radius 3 is 2.54 bits per heavy atom. The Morgan fingerprint density at radius 1 is 1.11 bits per heavy atom. The molecule has 0 saturated carbocycles. The van der Waals surface area contributed by atoms with Crippen LogP contribution < -0.4 is 10.2 Å². The Labute approximate surface area is 203 Å². The van der Waals surface area contributed by atoms with Gasteiger partial charge in [0.25, 0.3) is 0 Å². The van der Waals surface area contributed by atoms with Crippen molar-refractivity contribution < 1.29 is 12.9 Å². The zero-order valence-corrected chi connectivity index (χ0v) is 20.9. The van der Waals surface area contributed by atoms with Gasteiger partial charge in [0.05, 0.1) is 17.6 Å². The summed E-state index contributed by atoms with van der Waals surface area (Å²) in [5, 5.41) is 7.44. The van der Waals surface area contributed by atoms with Crippen LogP contribution in [-0.2, 0) is 9.84 Å². The topological polar surface area (TPSA) is 131 Å². The van der Waals surface area contributed by atoms with Crippen LogP contribution in [0.15, 0.2) is 40.4 Å². The summed E-state index contributed by atoms with van der Waals surface area (Å²) in [4.78, 5) is 20.0. The quantitative estimate of drug-likeness (QED) is 0.423. The van der Waals surface area contributed by atoms with Crippen LogP contribution in [0.4, 0.5) is 17.4 Å². The molecule has 0 aromatic carbocycles. The second-order valence-corrected chi connectivity index (χ2v) is 11.2. The fourth-order valence-electron chi connectivity index (χ4n) is 4.29. The van der Waals surface area contributed by atoms with Gasteiger partial charge in [-0.1, -0.05) is 19.0 Å². The molecule has 35 heavy (non-hydrogen) atoms. The summed E-state index contributed by atoms with van der Waals surface area (Å²) in [5.41, 5.74) is 3.86. The third-order valence-corrected chi connectivity index (χ3v) is 7.28. The number of imidazole rings is 1. The van der Waals surface area contributed by atoms with Gasteiger partial charge in [0.15, 0.2) is 26.3 Å². The first kappa shape index (κ1) is 23.2. The fraction of sp³-hybridized carbons (Fsp3) is 0.435. The van der Waals surface area contributed by atoms with Crippen molar-refractivity contribution in [2.45, 2.75) is 50.5 Å². The molecule has 0 aliphatic carbocycles. The van der Waals surface area contributed by atoms with Gasteiger partial charge in [-0.3, -0.25) is 4.40 Å². The van der Waals surface area contributed by atoms with Gasteiger partial charge >= 0.3 is 6.01 Å². The average molecular weight is 497 g/mol. The molecule has 0 unspecified atom stereocenters. The second-order valence-electron chi connectivity index (χ2n) is 9.21. The number of piperidine rings is 1. The maximum Gasteiger partial charge on any atom is 0.324 e. The first-order chi connectivity index (χ1) is 16.7. The van der Waals surface area contributed by atoms with E-state index in [1.807, 2.05) is 24.4 Å². The van der Waals surface area contributed by atoms with Crippen molar-refractivity contribution in [1.82, 2.24) is 29.5 Å². The molecule has 11 nitrogen and oxygen atoms in total. The van der Waals surface area contributed by atoms with Crippen molar-refractivity contribution in [1.29, 1.82) is 0 Å². The SMILES string of the molecule is Cc1nc(S(C)(=O)=O)ccc1Nc1cncn2c(C3CCN(c4nc(C(C)C)no4)CC3)cnc12. The van der Waals surface area contributed by atoms with Gasteiger partial charge in [-0.05, 0) is 31.9 Å². The number of rotatable bonds is 6. The minimum atomic E-state index is -3.37. The average Bonchev–Trinajstić information content (AvgIpc) is 3.48. The monoisotopic (exact) mass is 496 g/mol. The van der Waals surface area contributed by atoms with E-state index in [-0.39, 0.29) is 10.9 Å². The van der Waals surface area contributed by atoms with Crippen LogP contribution in [0.25, 0.3) is 5.65 Å². The van der Waals surface area contributed by atoms with E-state index >= 15 is 0 Å². The van der Waals surface area contributed by atoms with Crippen LogP contribution in [0, 0.1) is 6.92 Å². The summed E-state index contributed by atoms with van der Waals surface area (Å²) in [6, 6.07) is 3.80. The molecule has 1 aliphatic heterocycles. The molecule has 1 saturated heterocycles. The third kappa shape index (κ3) is 4.57. The van der Waals surface area contributed by atoms with Crippen molar-refractivity contribution in [2.75, 3.05) is 29.6 Å². The molecule has 4 aromatic heterocycles. The Hall–Kier alpha value is -3.54. The van der Waals surface area contributed by atoms with Crippen LogP contribution in [0.1, 0.15) is 55.7 Å².